The first kappa shape index (κ1) is 16.1. The molecule has 4 rings (SSSR count). The second-order valence-electron chi connectivity index (χ2n) is 6.86. The van der Waals surface area contributed by atoms with Gasteiger partial charge < -0.3 is 14.6 Å². The molecule has 0 aliphatic heterocycles. The number of aryl methyl sites for hydroxylation is 1. The van der Waals surface area contributed by atoms with Gasteiger partial charge in [0.05, 0.1) is 17.5 Å². The van der Waals surface area contributed by atoms with E-state index >= 15 is 0 Å². The number of amides is 1. The zero-order valence-corrected chi connectivity index (χ0v) is 15.3. The van der Waals surface area contributed by atoms with Crippen molar-refractivity contribution in [2.45, 2.75) is 38.8 Å². The van der Waals surface area contributed by atoms with E-state index in [2.05, 4.69) is 22.2 Å². The smallest absolute Gasteiger partial charge is 0.258 e. The molecule has 0 aromatic carbocycles. The summed E-state index contributed by atoms with van der Waals surface area (Å²) in [6.45, 7) is 4.52. The Balaban J connectivity index is 1.72. The van der Waals surface area contributed by atoms with Crippen LogP contribution >= 0.6 is 11.3 Å². The number of nitrogens with one attached hydrogen (secondary N) is 1. The van der Waals surface area contributed by atoms with E-state index in [4.69, 9.17) is 4.42 Å². The number of hydrogen-bond acceptors (Lipinski definition) is 6. The molecule has 1 aliphatic rings. The number of rotatable bonds is 5. The van der Waals surface area contributed by atoms with Gasteiger partial charge in [-0.3, -0.25) is 4.79 Å². The molecule has 1 N–H and O–H groups in total. The summed E-state index contributed by atoms with van der Waals surface area (Å²) < 4.78 is 5.75. The number of carbonyl (C=O) groups is 1. The predicted octanol–water partition coefficient (Wildman–Crippen LogP) is 3.83. The lowest BCUT2D eigenvalue weighted by atomic mass is 10.1. The Hall–Kier alpha value is -2.41. The number of aromatic nitrogens is 2. The zero-order chi connectivity index (χ0) is 17.6. The van der Waals surface area contributed by atoms with Gasteiger partial charge in [-0.25, -0.2) is 9.97 Å². The van der Waals surface area contributed by atoms with Crippen molar-refractivity contribution in [3.63, 3.8) is 0 Å². The highest BCUT2D eigenvalue weighted by atomic mass is 32.1. The summed E-state index contributed by atoms with van der Waals surface area (Å²) in [4.78, 5) is 24.5. The Morgan fingerprint density at radius 1 is 1.44 bits per heavy atom. The summed E-state index contributed by atoms with van der Waals surface area (Å²) >= 11 is 1.64. The van der Waals surface area contributed by atoms with Gasteiger partial charge in [0.15, 0.2) is 0 Å². The minimum atomic E-state index is -0.0801. The van der Waals surface area contributed by atoms with Gasteiger partial charge in [-0.2, -0.15) is 0 Å². The van der Waals surface area contributed by atoms with Crippen molar-refractivity contribution in [1.29, 1.82) is 0 Å². The third-order valence-electron chi connectivity index (χ3n) is 4.62. The quantitative estimate of drug-likeness (QED) is 0.752. The minimum absolute atomic E-state index is 0.0512. The summed E-state index contributed by atoms with van der Waals surface area (Å²) in [5, 5.41) is 6.14. The molecule has 6 nitrogen and oxygen atoms in total. The summed E-state index contributed by atoms with van der Waals surface area (Å²) in [5.41, 5.74) is 1.05. The molecule has 1 aliphatic carbocycles. The van der Waals surface area contributed by atoms with Crippen LogP contribution in [0.15, 0.2) is 28.3 Å². The molecule has 0 unspecified atom stereocenters. The van der Waals surface area contributed by atoms with Gasteiger partial charge in [0.1, 0.15) is 17.9 Å². The molecule has 25 heavy (non-hydrogen) atoms. The summed E-state index contributed by atoms with van der Waals surface area (Å²) in [6.07, 6.45) is 3.66. The van der Waals surface area contributed by atoms with E-state index in [0.717, 1.165) is 17.7 Å². The minimum Gasteiger partial charge on any atom is -0.442 e. The highest BCUT2D eigenvalue weighted by Gasteiger charge is 2.38. The molecule has 3 heterocycles. The molecule has 0 saturated heterocycles. The van der Waals surface area contributed by atoms with E-state index in [1.807, 2.05) is 17.5 Å². The van der Waals surface area contributed by atoms with Crippen molar-refractivity contribution in [1.82, 2.24) is 14.9 Å². The lowest BCUT2D eigenvalue weighted by Crippen LogP contribution is -2.26. The van der Waals surface area contributed by atoms with Crippen molar-refractivity contribution >= 4 is 34.2 Å². The van der Waals surface area contributed by atoms with Gasteiger partial charge in [0.2, 0.25) is 5.71 Å². The molecule has 1 amide bonds. The maximum atomic E-state index is 13.1. The third kappa shape index (κ3) is 3.00. The Kier molecular flexibility index (Phi) is 3.76. The van der Waals surface area contributed by atoms with Crippen LogP contribution < -0.4 is 5.32 Å². The molecule has 0 bridgehead atoms. The summed E-state index contributed by atoms with van der Waals surface area (Å²) in [6, 6.07) is 4.02. The van der Waals surface area contributed by atoms with Crippen LogP contribution in [0.5, 0.6) is 0 Å². The highest BCUT2D eigenvalue weighted by Crippen LogP contribution is 2.40. The van der Waals surface area contributed by atoms with Crippen LogP contribution in [-0.2, 0) is 6.54 Å². The Labute approximate surface area is 149 Å². The van der Waals surface area contributed by atoms with E-state index in [9.17, 15) is 4.79 Å². The molecule has 0 atom stereocenters. The van der Waals surface area contributed by atoms with Gasteiger partial charge in [-0.1, -0.05) is 6.07 Å². The van der Waals surface area contributed by atoms with Crippen LogP contribution in [-0.4, -0.2) is 33.4 Å². The van der Waals surface area contributed by atoms with Gasteiger partial charge in [0.25, 0.3) is 5.91 Å². The number of furan rings is 1. The summed E-state index contributed by atoms with van der Waals surface area (Å²) in [7, 11) is 1.80. The fourth-order valence-electron chi connectivity index (χ4n) is 2.89. The maximum Gasteiger partial charge on any atom is 0.258 e. The van der Waals surface area contributed by atoms with Crippen LogP contribution in [0.25, 0.3) is 11.1 Å². The lowest BCUT2D eigenvalue weighted by Gasteiger charge is -2.17. The van der Waals surface area contributed by atoms with Gasteiger partial charge >= 0.3 is 0 Å². The highest BCUT2D eigenvalue weighted by molar-refractivity contribution is 7.09. The molecule has 130 valence electrons. The average molecular weight is 356 g/mol. The SMILES string of the molecule is Cc1oc2ncnc(NC3(C)CC3)c2c1C(=O)N(C)Cc1cccs1. The lowest BCUT2D eigenvalue weighted by molar-refractivity contribution is 0.0786. The number of carbonyl (C=O) groups excluding carboxylic acids is 1. The Bertz CT molecular complexity index is 928. The Morgan fingerprint density at radius 3 is 2.92 bits per heavy atom. The van der Waals surface area contributed by atoms with Gasteiger partial charge in [0, 0.05) is 17.5 Å². The van der Waals surface area contributed by atoms with Crippen molar-refractivity contribution in [3.05, 3.63) is 40.0 Å². The van der Waals surface area contributed by atoms with Crippen LogP contribution in [0, 0.1) is 6.92 Å². The van der Waals surface area contributed by atoms with E-state index in [-0.39, 0.29) is 11.4 Å². The van der Waals surface area contributed by atoms with Crippen LogP contribution in [0.4, 0.5) is 5.82 Å². The number of anilines is 1. The number of fused-ring (bicyclic) bond motifs is 1. The second kappa shape index (κ2) is 5.84. The molecule has 3 aromatic heterocycles. The van der Waals surface area contributed by atoms with Crippen molar-refractivity contribution in [2.75, 3.05) is 12.4 Å². The Morgan fingerprint density at radius 2 is 2.24 bits per heavy atom. The molecular weight excluding hydrogens is 336 g/mol. The van der Waals surface area contributed by atoms with Crippen molar-refractivity contribution in [3.8, 4) is 0 Å². The zero-order valence-electron chi connectivity index (χ0n) is 14.5. The average Bonchev–Trinajstić information content (AvgIpc) is 2.98. The number of thiophene rings is 1. The summed E-state index contributed by atoms with van der Waals surface area (Å²) in [5.74, 6) is 1.17. The largest absolute Gasteiger partial charge is 0.442 e. The second-order valence-corrected chi connectivity index (χ2v) is 7.89. The molecule has 1 saturated carbocycles. The van der Waals surface area contributed by atoms with E-state index in [1.54, 1.807) is 30.2 Å². The van der Waals surface area contributed by atoms with E-state index < -0.39 is 0 Å². The van der Waals surface area contributed by atoms with E-state index in [0.29, 0.717) is 34.8 Å². The predicted molar refractivity (Wildman–Crippen MR) is 97.9 cm³/mol. The van der Waals surface area contributed by atoms with Crippen LogP contribution in [0.1, 0.15) is 40.8 Å². The normalized spacial score (nSPS) is 15.3. The monoisotopic (exact) mass is 356 g/mol. The fraction of sp³-hybridized carbons (Fsp3) is 0.389. The first-order chi connectivity index (χ1) is 12.0. The third-order valence-corrected chi connectivity index (χ3v) is 5.48. The number of hydrogen-bond donors (Lipinski definition) is 1. The van der Waals surface area contributed by atoms with E-state index in [1.165, 1.54) is 6.33 Å². The first-order valence-electron chi connectivity index (χ1n) is 8.27. The van der Waals surface area contributed by atoms with Gasteiger partial charge in [-0.05, 0) is 38.1 Å². The molecule has 0 radical (unpaired) electrons. The number of nitrogens with zero attached hydrogens (tertiary/aromatic N) is 3. The van der Waals surface area contributed by atoms with Crippen LogP contribution in [0.2, 0.25) is 0 Å². The molecule has 3 aromatic rings. The van der Waals surface area contributed by atoms with Gasteiger partial charge in [-0.15, -0.1) is 11.3 Å². The fourth-order valence-corrected chi connectivity index (χ4v) is 3.65. The van der Waals surface area contributed by atoms with Crippen molar-refractivity contribution < 1.29 is 9.21 Å². The molecule has 7 heteroatoms. The van der Waals surface area contributed by atoms with Crippen LogP contribution in [0.3, 0.4) is 0 Å². The first-order valence-corrected chi connectivity index (χ1v) is 9.15. The maximum absolute atomic E-state index is 13.1. The topological polar surface area (TPSA) is 71.3 Å². The van der Waals surface area contributed by atoms with Crippen molar-refractivity contribution in [2.24, 2.45) is 0 Å². The standard InChI is InChI=1S/C18H20N4O2S/c1-11-13(17(23)22(3)9-12-5-4-8-25-12)14-15(21-18(2)6-7-18)19-10-20-16(14)24-11/h4-5,8,10H,6-7,9H2,1-3H3,(H,19,20,21). The molecule has 0 spiro atoms. The molecular formula is C18H20N4O2S. The molecule has 1 fully saturated rings.